The molecule has 0 saturated heterocycles. The third kappa shape index (κ3) is 4.94. The predicted octanol–water partition coefficient (Wildman–Crippen LogP) is 2.46. The largest absolute Gasteiger partial charge is 0.491 e. The highest BCUT2D eigenvalue weighted by Crippen LogP contribution is 2.21. The number of hydrogen-bond donors (Lipinski definition) is 3. The number of nitrogens with one attached hydrogen (secondary N) is 2. The van der Waals surface area contributed by atoms with Gasteiger partial charge in [0.1, 0.15) is 6.04 Å². The molecule has 1 aromatic carbocycles. The molecule has 7 heteroatoms. The number of benzene rings is 1. The van der Waals surface area contributed by atoms with E-state index in [0.29, 0.717) is 6.61 Å². The Balaban J connectivity index is 2.70. The molecule has 0 aliphatic heterocycles. The van der Waals surface area contributed by atoms with Crippen molar-refractivity contribution in [3.8, 4) is 5.75 Å². The molecule has 0 heterocycles. The number of halogens is 1. The summed E-state index contributed by atoms with van der Waals surface area (Å²) in [5, 5.41) is 13.7. The Bertz CT molecular complexity index is 520. The van der Waals surface area contributed by atoms with Gasteiger partial charge in [0.15, 0.2) is 11.6 Å². The molecule has 1 unspecified atom stereocenters. The lowest BCUT2D eigenvalue weighted by molar-refractivity contribution is -0.140. The second-order valence-corrected chi connectivity index (χ2v) is 4.74. The fourth-order valence-corrected chi connectivity index (χ4v) is 1.67. The lowest BCUT2D eigenvalue weighted by Gasteiger charge is -2.18. The molecule has 0 aliphatic carbocycles. The van der Waals surface area contributed by atoms with Crippen LogP contribution in [0.3, 0.4) is 0 Å². The summed E-state index contributed by atoms with van der Waals surface area (Å²) in [6, 6.07) is 2.25. The van der Waals surface area contributed by atoms with Crippen LogP contribution in [0.2, 0.25) is 0 Å². The molecule has 0 aromatic heterocycles. The first-order valence-corrected chi connectivity index (χ1v) is 6.57. The highest BCUT2D eigenvalue weighted by molar-refractivity contribution is 5.92. The number of ether oxygens (including phenoxy) is 1. The minimum Gasteiger partial charge on any atom is -0.491 e. The highest BCUT2D eigenvalue weighted by atomic mass is 19.1. The van der Waals surface area contributed by atoms with Crippen LogP contribution >= 0.6 is 0 Å². The Kier molecular flexibility index (Phi) is 5.95. The summed E-state index contributed by atoms with van der Waals surface area (Å²) in [6.07, 6.45) is 0. The molecule has 1 aromatic rings. The van der Waals surface area contributed by atoms with Gasteiger partial charge in [-0.3, -0.25) is 0 Å². The summed E-state index contributed by atoms with van der Waals surface area (Å²) < 4.78 is 18.7. The minimum absolute atomic E-state index is 0.0917. The van der Waals surface area contributed by atoms with Crippen LogP contribution in [0, 0.1) is 11.7 Å². The summed E-state index contributed by atoms with van der Waals surface area (Å²) in [5.74, 6) is -1.91. The summed E-state index contributed by atoms with van der Waals surface area (Å²) in [5.41, 5.74) is 0.210. The molecule has 1 rings (SSSR count). The van der Waals surface area contributed by atoms with Gasteiger partial charge in [-0.2, -0.15) is 0 Å². The molecule has 3 N–H and O–H groups in total. The van der Waals surface area contributed by atoms with Crippen molar-refractivity contribution in [1.29, 1.82) is 0 Å². The maximum absolute atomic E-state index is 13.6. The van der Waals surface area contributed by atoms with Gasteiger partial charge in [0.25, 0.3) is 0 Å². The first-order valence-electron chi connectivity index (χ1n) is 6.57. The van der Waals surface area contributed by atoms with Crippen LogP contribution in [-0.2, 0) is 4.79 Å². The number of anilines is 1. The third-order valence-corrected chi connectivity index (χ3v) is 2.71. The Labute approximate surface area is 122 Å². The lowest BCUT2D eigenvalue weighted by Crippen LogP contribution is -2.46. The standard InChI is InChI=1S/C14H19FN2O4/c1-4-21-11-6-5-9(7-10(11)15)16-14(20)17-12(8(2)3)13(18)19/h5-8,12H,4H2,1-3H3,(H,18,19)(H2,16,17,20). The van der Waals surface area contributed by atoms with Crippen LogP contribution in [0.4, 0.5) is 14.9 Å². The van der Waals surface area contributed by atoms with Crippen molar-refractivity contribution in [3.05, 3.63) is 24.0 Å². The van der Waals surface area contributed by atoms with Gasteiger partial charge in [0.2, 0.25) is 0 Å². The zero-order chi connectivity index (χ0) is 16.0. The Morgan fingerprint density at radius 1 is 1.38 bits per heavy atom. The van der Waals surface area contributed by atoms with E-state index in [9.17, 15) is 14.0 Å². The molecular weight excluding hydrogens is 279 g/mol. The van der Waals surface area contributed by atoms with Gasteiger partial charge >= 0.3 is 12.0 Å². The van der Waals surface area contributed by atoms with Gasteiger partial charge in [0.05, 0.1) is 6.61 Å². The average Bonchev–Trinajstić information content (AvgIpc) is 2.38. The summed E-state index contributed by atoms with van der Waals surface area (Å²) in [7, 11) is 0. The van der Waals surface area contributed by atoms with Crippen molar-refractivity contribution in [1.82, 2.24) is 5.32 Å². The van der Waals surface area contributed by atoms with Crippen molar-refractivity contribution >= 4 is 17.7 Å². The van der Waals surface area contributed by atoms with Crippen molar-refractivity contribution in [2.45, 2.75) is 26.8 Å². The van der Waals surface area contributed by atoms with Gasteiger partial charge < -0.3 is 20.5 Å². The fourth-order valence-electron chi connectivity index (χ4n) is 1.67. The zero-order valence-electron chi connectivity index (χ0n) is 12.1. The maximum atomic E-state index is 13.6. The molecule has 1 atom stereocenters. The molecule has 0 aliphatic rings. The highest BCUT2D eigenvalue weighted by Gasteiger charge is 2.23. The predicted molar refractivity (Wildman–Crippen MR) is 76.0 cm³/mol. The number of hydrogen-bond acceptors (Lipinski definition) is 3. The number of amides is 2. The van der Waals surface area contributed by atoms with E-state index >= 15 is 0 Å². The third-order valence-electron chi connectivity index (χ3n) is 2.71. The fraction of sp³-hybridized carbons (Fsp3) is 0.429. The van der Waals surface area contributed by atoms with Crippen LogP contribution in [0.25, 0.3) is 0 Å². The molecule has 0 spiro atoms. The van der Waals surface area contributed by atoms with E-state index < -0.39 is 23.9 Å². The molecule has 2 amide bonds. The van der Waals surface area contributed by atoms with Gasteiger partial charge in [-0.25, -0.2) is 14.0 Å². The SMILES string of the molecule is CCOc1ccc(NC(=O)NC(C(=O)O)C(C)C)cc1F. The molecule has 0 saturated carbocycles. The topological polar surface area (TPSA) is 87.7 Å². The van der Waals surface area contributed by atoms with E-state index in [0.717, 1.165) is 6.07 Å². The van der Waals surface area contributed by atoms with Crippen molar-refractivity contribution in [2.24, 2.45) is 5.92 Å². The van der Waals surface area contributed by atoms with Crippen molar-refractivity contribution in [2.75, 3.05) is 11.9 Å². The second kappa shape index (κ2) is 7.47. The molecular formula is C14H19FN2O4. The molecule has 0 bridgehead atoms. The number of carboxylic acid groups (broad SMARTS) is 1. The van der Waals surface area contributed by atoms with Crippen LogP contribution in [0.5, 0.6) is 5.75 Å². The van der Waals surface area contributed by atoms with Gasteiger partial charge in [-0.05, 0) is 25.0 Å². The first kappa shape index (κ1) is 16.7. The normalized spacial score (nSPS) is 11.9. The average molecular weight is 298 g/mol. The number of urea groups is 1. The monoisotopic (exact) mass is 298 g/mol. The maximum Gasteiger partial charge on any atom is 0.326 e. The Morgan fingerprint density at radius 2 is 2.05 bits per heavy atom. The smallest absolute Gasteiger partial charge is 0.326 e. The van der Waals surface area contributed by atoms with Crippen LogP contribution in [0.1, 0.15) is 20.8 Å². The van der Waals surface area contributed by atoms with Gasteiger partial charge in [0, 0.05) is 11.8 Å². The quantitative estimate of drug-likeness (QED) is 0.752. The number of aliphatic carboxylic acids is 1. The van der Waals surface area contributed by atoms with E-state index in [1.54, 1.807) is 20.8 Å². The summed E-state index contributed by atoms with van der Waals surface area (Å²) in [4.78, 5) is 22.7. The number of carbonyl (C=O) groups excluding carboxylic acids is 1. The van der Waals surface area contributed by atoms with Crippen molar-refractivity contribution < 1.29 is 23.8 Å². The number of rotatable bonds is 6. The minimum atomic E-state index is -1.13. The van der Waals surface area contributed by atoms with E-state index in [1.807, 2.05) is 0 Å². The molecule has 6 nitrogen and oxygen atoms in total. The molecule has 116 valence electrons. The van der Waals surface area contributed by atoms with E-state index in [2.05, 4.69) is 10.6 Å². The Morgan fingerprint density at radius 3 is 2.52 bits per heavy atom. The van der Waals surface area contributed by atoms with Crippen molar-refractivity contribution in [3.63, 3.8) is 0 Å². The van der Waals surface area contributed by atoms with Crippen LogP contribution in [0.15, 0.2) is 18.2 Å². The van der Waals surface area contributed by atoms with E-state index in [4.69, 9.17) is 9.84 Å². The first-order chi connectivity index (χ1) is 9.85. The molecule has 0 fully saturated rings. The molecule has 0 radical (unpaired) electrons. The zero-order valence-corrected chi connectivity index (χ0v) is 12.1. The van der Waals surface area contributed by atoms with Crippen LogP contribution in [-0.4, -0.2) is 29.8 Å². The second-order valence-electron chi connectivity index (χ2n) is 4.74. The molecule has 21 heavy (non-hydrogen) atoms. The summed E-state index contributed by atoms with van der Waals surface area (Å²) >= 11 is 0. The lowest BCUT2D eigenvalue weighted by atomic mass is 10.1. The van der Waals surface area contributed by atoms with Crippen LogP contribution < -0.4 is 15.4 Å². The van der Waals surface area contributed by atoms with Gasteiger partial charge in [-0.15, -0.1) is 0 Å². The van der Waals surface area contributed by atoms with E-state index in [-0.39, 0.29) is 17.4 Å². The van der Waals surface area contributed by atoms with E-state index in [1.165, 1.54) is 12.1 Å². The number of carbonyl (C=O) groups is 2. The van der Waals surface area contributed by atoms with Gasteiger partial charge in [-0.1, -0.05) is 13.8 Å². The Hall–Kier alpha value is -2.31. The summed E-state index contributed by atoms with van der Waals surface area (Å²) in [6.45, 7) is 5.42. The number of carboxylic acids is 1.